The summed E-state index contributed by atoms with van der Waals surface area (Å²) in [6.45, 7) is 3.96. The van der Waals surface area contributed by atoms with Gasteiger partial charge in [-0.1, -0.05) is 0 Å². The molecule has 0 spiro atoms. The highest BCUT2D eigenvalue weighted by atomic mass is 32.2. The van der Waals surface area contributed by atoms with Crippen LogP contribution in [0.2, 0.25) is 0 Å². The highest BCUT2D eigenvalue weighted by molar-refractivity contribution is 7.88. The average molecular weight is 334 g/mol. The van der Waals surface area contributed by atoms with Crippen LogP contribution in [0.15, 0.2) is 0 Å². The molecular weight excluding hydrogens is 312 g/mol. The molecule has 2 rings (SSSR count). The van der Waals surface area contributed by atoms with Gasteiger partial charge >= 0.3 is 5.97 Å². The van der Waals surface area contributed by atoms with Gasteiger partial charge in [0.2, 0.25) is 15.9 Å². The van der Waals surface area contributed by atoms with Crippen molar-refractivity contribution in [3.8, 4) is 0 Å². The lowest BCUT2D eigenvalue weighted by molar-refractivity contribution is -0.157. The summed E-state index contributed by atoms with van der Waals surface area (Å²) in [5.74, 6) is -1.62. The molecule has 0 aromatic rings. The molecule has 2 atom stereocenters. The smallest absolute Gasteiger partial charge is 0.311 e. The van der Waals surface area contributed by atoms with E-state index in [0.29, 0.717) is 19.6 Å². The van der Waals surface area contributed by atoms with Crippen LogP contribution in [0.5, 0.6) is 0 Å². The van der Waals surface area contributed by atoms with E-state index in [2.05, 4.69) is 4.72 Å². The van der Waals surface area contributed by atoms with E-state index in [0.717, 1.165) is 6.26 Å². The molecule has 1 amide bonds. The monoisotopic (exact) mass is 334 g/mol. The van der Waals surface area contributed by atoms with Gasteiger partial charge in [-0.05, 0) is 20.3 Å². The second-order valence-electron chi connectivity index (χ2n) is 6.67. The number of hydrogen-bond acceptors (Lipinski definition) is 5. The predicted octanol–water partition coefficient (Wildman–Crippen LogP) is -0.736. The minimum absolute atomic E-state index is 0.0874. The number of likely N-dealkylation sites (tertiary alicyclic amines) is 1. The van der Waals surface area contributed by atoms with Crippen LogP contribution in [0.25, 0.3) is 0 Å². The molecule has 0 bridgehead atoms. The third kappa shape index (κ3) is 3.11. The zero-order valence-electron chi connectivity index (χ0n) is 13.0. The molecule has 0 aromatic heterocycles. The van der Waals surface area contributed by atoms with Gasteiger partial charge in [0.1, 0.15) is 5.54 Å². The largest absolute Gasteiger partial charge is 0.481 e. The predicted molar refractivity (Wildman–Crippen MR) is 77.6 cm³/mol. The molecule has 2 aliphatic rings. The van der Waals surface area contributed by atoms with Crippen molar-refractivity contribution < 1.29 is 27.9 Å². The molecule has 9 heteroatoms. The molecule has 0 aliphatic carbocycles. The fraction of sp³-hybridized carbons (Fsp3) is 0.846. The maximum absolute atomic E-state index is 12.6. The SMILES string of the molecule is CC(C)(NS(C)(=O)=O)C(=O)N1C[C@H]2COCC[C@@]2(C(=O)O)C1. The zero-order valence-corrected chi connectivity index (χ0v) is 13.8. The van der Waals surface area contributed by atoms with Gasteiger partial charge in [0.15, 0.2) is 0 Å². The Morgan fingerprint density at radius 2 is 2.05 bits per heavy atom. The number of carbonyl (C=O) groups is 2. The van der Waals surface area contributed by atoms with E-state index in [1.807, 2.05) is 0 Å². The summed E-state index contributed by atoms with van der Waals surface area (Å²) < 4.78 is 30.4. The molecular formula is C13H22N2O6S. The molecule has 2 heterocycles. The van der Waals surface area contributed by atoms with Crippen LogP contribution in [0, 0.1) is 11.3 Å². The van der Waals surface area contributed by atoms with Crippen molar-refractivity contribution in [2.24, 2.45) is 11.3 Å². The van der Waals surface area contributed by atoms with Gasteiger partial charge in [-0.25, -0.2) is 13.1 Å². The topological polar surface area (TPSA) is 113 Å². The number of carbonyl (C=O) groups excluding carboxylic acids is 1. The molecule has 0 unspecified atom stereocenters. The molecule has 0 aromatic carbocycles. The first-order valence-corrected chi connectivity index (χ1v) is 8.96. The molecule has 2 N–H and O–H groups in total. The van der Waals surface area contributed by atoms with Gasteiger partial charge < -0.3 is 14.7 Å². The first-order chi connectivity index (χ1) is 9.98. The Labute approximate surface area is 129 Å². The highest BCUT2D eigenvalue weighted by Crippen LogP contribution is 2.43. The lowest BCUT2D eigenvalue weighted by Crippen LogP contribution is -2.55. The molecule has 2 aliphatic heterocycles. The van der Waals surface area contributed by atoms with E-state index in [-0.39, 0.29) is 19.0 Å². The lowest BCUT2D eigenvalue weighted by atomic mass is 9.74. The Bertz CT molecular complexity index is 587. The maximum atomic E-state index is 12.6. The molecule has 2 saturated heterocycles. The van der Waals surface area contributed by atoms with Crippen LogP contribution in [0.3, 0.4) is 0 Å². The van der Waals surface area contributed by atoms with E-state index < -0.39 is 32.9 Å². The zero-order chi connectivity index (χ0) is 16.8. The first-order valence-electron chi connectivity index (χ1n) is 7.07. The van der Waals surface area contributed by atoms with Gasteiger partial charge in [0.05, 0.1) is 18.3 Å². The summed E-state index contributed by atoms with van der Waals surface area (Å²) in [4.78, 5) is 25.8. The quantitative estimate of drug-likeness (QED) is 0.700. The van der Waals surface area contributed by atoms with Gasteiger partial charge in [-0.3, -0.25) is 9.59 Å². The number of fused-ring (bicyclic) bond motifs is 1. The van der Waals surface area contributed by atoms with Crippen molar-refractivity contribution in [1.29, 1.82) is 0 Å². The summed E-state index contributed by atoms with van der Waals surface area (Å²) in [5.41, 5.74) is -2.31. The average Bonchev–Trinajstić information content (AvgIpc) is 2.75. The van der Waals surface area contributed by atoms with E-state index in [1.54, 1.807) is 0 Å². The summed E-state index contributed by atoms with van der Waals surface area (Å²) in [5, 5.41) is 9.58. The molecule has 8 nitrogen and oxygen atoms in total. The van der Waals surface area contributed by atoms with Crippen LogP contribution in [0.4, 0.5) is 0 Å². The molecule has 126 valence electrons. The van der Waals surface area contributed by atoms with Gasteiger partial charge in [0, 0.05) is 25.6 Å². The van der Waals surface area contributed by atoms with Crippen molar-refractivity contribution in [1.82, 2.24) is 9.62 Å². The number of sulfonamides is 1. The number of ether oxygens (including phenoxy) is 1. The second-order valence-corrected chi connectivity index (χ2v) is 8.42. The van der Waals surface area contributed by atoms with Crippen molar-refractivity contribution in [2.45, 2.75) is 25.8 Å². The highest BCUT2D eigenvalue weighted by Gasteiger charge is 2.56. The van der Waals surface area contributed by atoms with Crippen LogP contribution in [-0.4, -0.2) is 68.4 Å². The summed E-state index contributed by atoms with van der Waals surface area (Å²) in [7, 11) is -3.55. The first kappa shape index (κ1) is 17.2. The Morgan fingerprint density at radius 1 is 1.41 bits per heavy atom. The Morgan fingerprint density at radius 3 is 2.55 bits per heavy atom. The van der Waals surface area contributed by atoms with Crippen LogP contribution >= 0.6 is 0 Å². The Balaban J connectivity index is 2.21. The third-order valence-electron chi connectivity index (χ3n) is 4.40. The van der Waals surface area contributed by atoms with E-state index in [4.69, 9.17) is 4.74 Å². The number of nitrogens with one attached hydrogen (secondary N) is 1. The van der Waals surface area contributed by atoms with Gasteiger partial charge in [0.25, 0.3) is 0 Å². The molecule has 2 fully saturated rings. The number of hydrogen-bond donors (Lipinski definition) is 2. The molecule has 0 saturated carbocycles. The maximum Gasteiger partial charge on any atom is 0.311 e. The normalized spacial score (nSPS) is 29.2. The number of carboxylic acid groups (broad SMARTS) is 1. The summed E-state index contributed by atoms with van der Waals surface area (Å²) >= 11 is 0. The lowest BCUT2D eigenvalue weighted by Gasteiger charge is -2.34. The fourth-order valence-electron chi connectivity index (χ4n) is 3.36. The van der Waals surface area contributed by atoms with Crippen LogP contribution < -0.4 is 4.72 Å². The minimum atomic E-state index is -3.55. The number of amides is 1. The van der Waals surface area contributed by atoms with E-state index in [1.165, 1.54) is 18.7 Å². The number of nitrogens with zero attached hydrogens (tertiary/aromatic N) is 1. The second kappa shape index (κ2) is 5.47. The van der Waals surface area contributed by atoms with Crippen LogP contribution in [0.1, 0.15) is 20.3 Å². The van der Waals surface area contributed by atoms with Gasteiger partial charge in [-0.2, -0.15) is 0 Å². The number of rotatable bonds is 4. The molecule has 0 radical (unpaired) electrons. The standard InChI is InChI=1S/C13H22N2O6S/c1-12(2,14-22(3,19)20)10(16)15-6-9-7-21-5-4-13(9,8-15)11(17)18/h9,14H,4-8H2,1-3H3,(H,17,18)/t9-,13+/m0/s1. The summed E-state index contributed by atoms with van der Waals surface area (Å²) in [6, 6.07) is 0. The molecule has 22 heavy (non-hydrogen) atoms. The van der Waals surface area contributed by atoms with Crippen molar-refractivity contribution in [3.05, 3.63) is 0 Å². The van der Waals surface area contributed by atoms with E-state index >= 15 is 0 Å². The van der Waals surface area contributed by atoms with Crippen molar-refractivity contribution in [3.63, 3.8) is 0 Å². The minimum Gasteiger partial charge on any atom is -0.481 e. The number of carboxylic acids is 1. The Kier molecular flexibility index (Phi) is 4.27. The summed E-state index contributed by atoms with van der Waals surface area (Å²) in [6.07, 6.45) is 1.34. The Hall–Kier alpha value is -1.19. The van der Waals surface area contributed by atoms with Crippen molar-refractivity contribution >= 4 is 21.9 Å². The van der Waals surface area contributed by atoms with E-state index in [9.17, 15) is 23.1 Å². The van der Waals surface area contributed by atoms with Crippen molar-refractivity contribution in [2.75, 3.05) is 32.6 Å². The van der Waals surface area contributed by atoms with Crippen LogP contribution in [-0.2, 0) is 24.3 Å². The van der Waals surface area contributed by atoms with Gasteiger partial charge in [-0.15, -0.1) is 0 Å². The number of aliphatic carboxylic acids is 1. The fourth-order valence-corrected chi connectivity index (χ4v) is 4.37. The third-order valence-corrected chi connectivity index (χ3v) is 5.28.